The molecule has 0 radical (unpaired) electrons. The van der Waals surface area contributed by atoms with Crippen molar-refractivity contribution in [2.45, 2.75) is 28.6 Å². The Morgan fingerprint density at radius 3 is 2.59 bits per heavy atom. The fourth-order valence-electron chi connectivity index (χ4n) is 3.79. The van der Waals surface area contributed by atoms with Crippen LogP contribution in [0.5, 0.6) is 0 Å². The highest BCUT2D eigenvalue weighted by Crippen LogP contribution is 2.43. The summed E-state index contributed by atoms with van der Waals surface area (Å²) in [5, 5.41) is 0.563. The summed E-state index contributed by atoms with van der Waals surface area (Å²) < 4.78 is 8.93. The highest BCUT2D eigenvalue weighted by molar-refractivity contribution is 8.14. The number of likely N-dealkylation sites (tertiary alicyclic amines) is 1. The molecule has 11 heteroatoms. The molecule has 172 valence electrons. The van der Waals surface area contributed by atoms with Crippen LogP contribution in [0.1, 0.15) is 12.5 Å². The first-order valence-corrected chi connectivity index (χ1v) is 12.1. The van der Waals surface area contributed by atoms with E-state index < -0.39 is 22.4 Å². The molecule has 0 aliphatic carbocycles. The van der Waals surface area contributed by atoms with Crippen molar-refractivity contribution in [2.75, 3.05) is 32.9 Å². The maximum Gasteiger partial charge on any atom is 0.357 e. The van der Waals surface area contributed by atoms with Crippen molar-refractivity contribution < 1.29 is 19.1 Å². The predicted octanol–water partition coefficient (Wildman–Crippen LogP) is 3.39. The van der Waals surface area contributed by atoms with Crippen LogP contribution in [-0.2, 0) is 25.5 Å². The lowest BCUT2D eigenvalue weighted by atomic mass is 10.1. The number of nitrogens with zero attached hydrogens (tertiary/aromatic N) is 3. The van der Waals surface area contributed by atoms with Crippen molar-refractivity contribution in [1.82, 2.24) is 9.80 Å². The van der Waals surface area contributed by atoms with Crippen LogP contribution in [0.15, 0.2) is 46.7 Å². The summed E-state index contributed by atoms with van der Waals surface area (Å²) in [6.07, 6.45) is 0.638. The highest BCUT2D eigenvalue weighted by atomic mass is 35.6. The van der Waals surface area contributed by atoms with Gasteiger partial charge in [0.1, 0.15) is 17.7 Å². The van der Waals surface area contributed by atoms with E-state index >= 15 is 0 Å². The summed E-state index contributed by atoms with van der Waals surface area (Å²) in [7, 11) is 0. The average Bonchev–Trinajstić information content (AvgIpc) is 3.15. The van der Waals surface area contributed by atoms with Crippen LogP contribution in [0.3, 0.4) is 0 Å². The number of benzene rings is 1. The number of hydrogen-bond donors (Lipinski definition) is 0. The molecule has 4 rings (SSSR count). The van der Waals surface area contributed by atoms with E-state index in [0.29, 0.717) is 38.4 Å². The molecule has 0 aromatic heterocycles. The number of allylic oxidation sites excluding steroid dienone is 1. The van der Waals surface area contributed by atoms with Crippen LogP contribution in [0.25, 0.3) is 0 Å². The molecule has 3 aliphatic rings. The molecule has 1 amide bonds. The molecule has 7 nitrogen and oxygen atoms in total. The van der Waals surface area contributed by atoms with Gasteiger partial charge in [0.2, 0.25) is 3.79 Å². The Bertz CT molecular complexity index is 945. The van der Waals surface area contributed by atoms with Gasteiger partial charge in [0.25, 0.3) is 5.91 Å². The minimum Gasteiger partial charge on any atom is -0.456 e. The minimum atomic E-state index is -1.75. The van der Waals surface area contributed by atoms with Gasteiger partial charge in [-0.1, -0.05) is 76.9 Å². The zero-order valence-electron chi connectivity index (χ0n) is 17.3. The Morgan fingerprint density at radius 1 is 1.25 bits per heavy atom. The zero-order chi connectivity index (χ0) is 22.9. The van der Waals surface area contributed by atoms with Crippen molar-refractivity contribution in [3.05, 3.63) is 47.3 Å². The van der Waals surface area contributed by atoms with Gasteiger partial charge in [-0.3, -0.25) is 14.7 Å². The van der Waals surface area contributed by atoms with Crippen LogP contribution in [0.4, 0.5) is 0 Å². The Balaban J connectivity index is 1.55. The summed E-state index contributed by atoms with van der Waals surface area (Å²) in [5.74, 6) is -0.941. The fourth-order valence-corrected chi connectivity index (χ4v) is 5.28. The molecule has 2 fully saturated rings. The van der Waals surface area contributed by atoms with E-state index in [2.05, 4.69) is 4.99 Å². The molecule has 2 unspecified atom stereocenters. The second kappa shape index (κ2) is 9.81. The first kappa shape index (κ1) is 23.7. The van der Waals surface area contributed by atoms with Crippen LogP contribution in [-0.4, -0.2) is 74.8 Å². The number of esters is 1. The van der Waals surface area contributed by atoms with Gasteiger partial charge < -0.3 is 14.4 Å². The predicted molar refractivity (Wildman–Crippen MR) is 126 cm³/mol. The summed E-state index contributed by atoms with van der Waals surface area (Å²) in [5.41, 5.74) is 1.91. The quantitative estimate of drug-likeness (QED) is 0.249. The van der Waals surface area contributed by atoms with Crippen LogP contribution in [0.2, 0.25) is 0 Å². The maximum absolute atomic E-state index is 13.1. The molecule has 0 saturated carbocycles. The SMILES string of the molecule is CC(=C(C(=O)OCC(Cl)(Cl)Cl)N1C(=O)C2N=C(Cc3ccccc3)SC21)N1CCOCC1. The highest BCUT2D eigenvalue weighted by Gasteiger charge is 2.55. The van der Waals surface area contributed by atoms with E-state index in [1.807, 2.05) is 35.2 Å². The number of ether oxygens (including phenoxy) is 2. The number of halogens is 3. The second-order valence-electron chi connectivity index (χ2n) is 7.57. The number of amides is 1. The van der Waals surface area contributed by atoms with E-state index in [1.165, 1.54) is 16.7 Å². The molecule has 3 heterocycles. The normalized spacial score (nSPS) is 23.9. The number of aliphatic imine (C=N–C) groups is 1. The number of morpholine rings is 1. The Kier molecular flexibility index (Phi) is 7.27. The number of alkyl halides is 3. The lowest BCUT2D eigenvalue weighted by Gasteiger charge is -2.43. The van der Waals surface area contributed by atoms with Gasteiger partial charge in [-0.25, -0.2) is 4.79 Å². The van der Waals surface area contributed by atoms with E-state index in [4.69, 9.17) is 44.3 Å². The van der Waals surface area contributed by atoms with E-state index in [0.717, 1.165) is 10.6 Å². The topological polar surface area (TPSA) is 71.4 Å². The third kappa shape index (κ3) is 5.20. The van der Waals surface area contributed by atoms with Crippen LogP contribution >= 0.6 is 46.6 Å². The van der Waals surface area contributed by atoms with Crippen molar-refractivity contribution in [1.29, 1.82) is 0 Å². The largest absolute Gasteiger partial charge is 0.456 e. The summed E-state index contributed by atoms with van der Waals surface area (Å²) >= 11 is 18.8. The van der Waals surface area contributed by atoms with Gasteiger partial charge in [-0.15, -0.1) is 0 Å². The van der Waals surface area contributed by atoms with Gasteiger partial charge in [0.15, 0.2) is 6.04 Å². The molecule has 2 atom stereocenters. The molecule has 32 heavy (non-hydrogen) atoms. The van der Waals surface area contributed by atoms with Gasteiger partial charge in [0, 0.05) is 25.2 Å². The van der Waals surface area contributed by atoms with E-state index in [9.17, 15) is 9.59 Å². The van der Waals surface area contributed by atoms with Crippen molar-refractivity contribution >= 4 is 63.5 Å². The molecule has 3 aliphatic heterocycles. The number of β-lactam (4-membered cyclic amide) rings is 1. The summed E-state index contributed by atoms with van der Waals surface area (Å²) in [6, 6.07) is 9.42. The van der Waals surface area contributed by atoms with Crippen molar-refractivity contribution in [2.24, 2.45) is 4.99 Å². The molecule has 1 aromatic rings. The van der Waals surface area contributed by atoms with Crippen LogP contribution in [0, 0.1) is 0 Å². The number of thioether (sulfide) groups is 1. The Hall–Kier alpha value is -1.45. The molecule has 1 aromatic carbocycles. The molecular formula is C21H22Cl3N3O4S. The van der Waals surface area contributed by atoms with E-state index in [1.54, 1.807) is 6.92 Å². The third-order valence-electron chi connectivity index (χ3n) is 5.38. The zero-order valence-corrected chi connectivity index (χ0v) is 20.4. The third-order valence-corrected chi connectivity index (χ3v) is 6.94. The average molecular weight is 519 g/mol. The number of fused-ring (bicyclic) bond motifs is 1. The first-order valence-electron chi connectivity index (χ1n) is 10.1. The van der Waals surface area contributed by atoms with Gasteiger partial charge in [0.05, 0.1) is 18.3 Å². The standard InChI is InChI=1S/C21H22Cl3N3O4S/c1-13(26-7-9-30-10-8-26)17(20(29)31-12-21(22,23)24)27-18(28)16-19(27)32-15(25-16)11-14-5-3-2-4-6-14/h2-6,16,19H,7-12H2,1H3. The van der Waals surface area contributed by atoms with Crippen molar-refractivity contribution in [3.63, 3.8) is 0 Å². The van der Waals surface area contributed by atoms with Gasteiger partial charge in [-0.05, 0) is 12.5 Å². The Labute approximate surface area is 205 Å². The summed E-state index contributed by atoms with van der Waals surface area (Å²) in [4.78, 5) is 34.2. The molecular weight excluding hydrogens is 497 g/mol. The van der Waals surface area contributed by atoms with Gasteiger partial charge >= 0.3 is 5.97 Å². The first-order chi connectivity index (χ1) is 15.2. The molecule has 0 N–H and O–H groups in total. The van der Waals surface area contributed by atoms with Crippen LogP contribution < -0.4 is 0 Å². The fraction of sp³-hybridized carbons (Fsp3) is 0.476. The number of carbonyl (C=O) groups is 2. The van der Waals surface area contributed by atoms with E-state index in [-0.39, 0.29) is 17.0 Å². The summed E-state index contributed by atoms with van der Waals surface area (Å²) in [6.45, 7) is 3.65. The van der Waals surface area contributed by atoms with Crippen molar-refractivity contribution in [3.8, 4) is 0 Å². The Morgan fingerprint density at radius 2 is 1.94 bits per heavy atom. The number of carbonyl (C=O) groups excluding carboxylic acids is 2. The molecule has 2 saturated heterocycles. The minimum absolute atomic E-state index is 0.163. The number of rotatable bonds is 6. The lowest BCUT2D eigenvalue weighted by Crippen LogP contribution is -2.61. The number of hydrogen-bond acceptors (Lipinski definition) is 7. The van der Waals surface area contributed by atoms with Gasteiger partial charge in [-0.2, -0.15) is 0 Å². The maximum atomic E-state index is 13.1. The monoisotopic (exact) mass is 517 g/mol. The lowest BCUT2D eigenvalue weighted by molar-refractivity contribution is -0.150. The molecule has 0 spiro atoms. The second-order valence-corrected chi connectivity index (χ2v) is 11.3. The molecule has 0 bridgehead atoms. The smallest absolute Gasteiger partial charge is 0.357 e.